The van der Waals surface area contributed by atoms with Crippen molar-refractivity contribution in [3.05, 3.63) is 36.8 Å². The number of anilines is 1. The van der Waals surface area contributed by atoms with Crippen molar-refractivity contribution in [3.8, 4) is 22.9 Å². The molecule has 3 aromatic rings. The third-order valence-electron chi connectivity index (χ3n) is 3.22. The number of carbonyl (C=O) groups excluding carboxylic acids is 1. The summed E-state index contributed by atoms with van der Waals surface area (Å²) in [4.78, 5) is 20.1. The van der Waals surface area contributed by atoms with E-state index >= 15 is 0 Å². The zero-order valence-corrected chi connectivity index (χ0v) is 13.5. The van der Waals surface area contributed by atoms with Gasteiger partial charge in [-0.25, -0.2) is 9.97 Å². The molecule has 0 spiro atoms. The molecule has 23 heavy (non-hydrogen) atoms. The van der Waals surface area contributed by atoms with Crippen LogP contribution in [0.5, 0.6) is 11.5 Å². The maximum Gasteiger partial charge on any atom is 0.237 e. The van der Waals surface area contributed by atoms with Gasteiger partial charge in [0.05, 0.1) is 29.8 Å². The van der Waals surface area contributed by atoms with E-state index in [9.17, 15) is 4.79 Å². The lowest BCUT2D eigenvalue weighted by atomic mass is 10.1. The fraction of sp³-hybridized carbons (Fsp3) is 0.125. The van der Waals surface area contributed by atoms with Crippen LogP contribution in [-0.4, -0.2) is 27.7 Å². The third-order valence-corrected chi connectivity index (χ3v) is 3.97. The summed E-state index contributed by atoms with van der Waals surface area (Å²) in [6.07, 6.45) is 0. The van der Waals surface area contributed by atoms with Crippen molar-refractivity contribution in [3.63, 3.8) is 0 Å². The number of nitrogens with zero attached hydrogens (tertiary/aromatic N) is 2. The zero-order chi connectivity index (χ0) is 16.4. The maximum absolute atomic E-state index is 11.1. The number of nitrogens with one attached hydrogen (secondary N) is 1. The molecular formula is C16H15N3O3S. The molecule has 7 heteroatoms. The topological polar surface area (TPSA) is 76.9 Å². The second-order valence-electron chi connectivity index (χ2n) is 4.79. The van der Waals surface area contributed by atoms with E-state index in [1.807, 2.05) is 29.6 Å². The fourth-order valence-electron chi connectivity index (χ4n) is 2.18. The molecule has 0 saturated heterocycles. The smallest absolute Gasteiger partial charge is 0.237 e. The van der Waals surface area contributed by atoms with Crippen molar-refractivity contribution >= 4 is 33.3 Å². The highest BCUT2D eigenvalue weighted by molar-refractivity contribution is 7.14. The summed E-state index contributed by atoms with van der Waals surface area (Å²) in [6, 6.07) is 7.43. The van der Waals surface area contributed by atoms with Crippen molar-refractivity contribution in [1.29, 1.82) is 0 Å². The predicted octanol–water partition coefficient (Wildman–Crippen LogP) is 3.36. The van der Waals surface area contributed by atoms with Gasteiger partial charge in [-0.05, 0) is 19.2 Å². The number of fused-ring (bicyclic) bond motifs is 1. The van der Waals surface area contributed by atoms with Crippen molar-refractivity contribution < 1.29 is 14.3 Å². The Hall–Kier alpha value is -2.67. The van der Waals surface area contributed by atoms with Crippen LogP contribution in [-0.2, 0) is 4.79 Å². The van der Waals surface area contributed by atoms with Gasteiger partial charge >= 0.3 is 0 Å². The SMILES string of the molecule is [CH2-][OH+]c1cc(-c2csc(NC(C)=O)n2)nc2cc(OC)ccc12. The Morgan fingerprint density at radius 2 is 2.13 bits per heavy atom. The molecule has 6 nitrogen and oxygen atoms in total. The van der Waals surface area contributed by atoms with Gasteiger partial charge in [-0.2, -0.15) is 0 Å². The summed E-state index contributed by atoms with van der Waals surface area (Å²) in [6.45, 7) is 1.45. The van der Waals surface area contributed by atoms with Crippen LogP contribution in [0.25, 0.3) is 22.3 Å². The zero-order valence-electron chi connectivity index (χ0n) is 12.7. The molecule has 0 unspecified atom stereocenters. The normalized spacial score (nSPS) is 10.6. The van der Waals surface area contributed by atoms with Crippen LogP contribution in [0.1, 0.15) is 6.92 Å². The number of benzene rings is 1. The van der Waals surface area contributed by atoms with Crippen molar-refractivity contribution in [1.82, 2.24) is 9.97 Å². The molecule has 0 aliphatic rings. The number of amides is 1. The summed E-state index contributed by atoms with van der Waals surface area (Å²) in [5, 5.41) is 5.93. The number of methoxy groups -OCH3 is 1. The number of hydrogen-bond acceptors (Lipinski definition) is 5. The first-order chi connectivity index (χ1) is 11.1. The predicted molar refractivity (Wildman–Crippen MR) is 90.7 cm³/mol. The largest absolute Gasteiger partial charge is 0.721 e. The Morgan fingerprint density at radius 1 is 1.30 bits per heavy atom. The number of thiazole rings is 1. The average molecular weight is 329 g/mol. The summed E-state index contributed by atoms with van der Waals surface area (Å²) < 4.78 is 9.31. The third kappa shape index (κ3) is 3.09. The van der Waals surface area contributed by atoms with Crippen LogP contribution in [0.2, 0.25) is 0 Å². The summed E-state index contributed by atoms with van der Waals surface area (Å²) >= 11 is 1.35. The van der Waals surface area contributed by atoms with Gasteiger partial charge in [0, 0.05) is 18.4 Å². The van der Waals surface area contributed by atoms with Crippen LogP contribution in [0.4, 0.5) is 5.13 Å². The first kappa shape index (κ1) is 15.2. The highest BCUT2D eigenvalue weighted by Gasteiger charge is 2.14. The molecule has 0 aliphatic carbocycles. The molecule has 2 N–H and O–H groups in total. The molecule has 2 heterocycles. The molecule has 0 saturated carbocycles. The van der Waals surface area contributed by atoms with Crippen molar-refractivity contribution in [2.24, 2.45) is 0 Å². The van der Waals surface area contributed by atoms with Crippen LogP contribution in [0, 0.1) is 7.11 Å². The second kappa shape index (κ2) is 6.21. The van der Waals surface area contributed by atoms with Crippen LogP contribution in [0.3, 0.4) is 0 Å². The van der Waals surface area contributed by atoms with Crippen molar-refractivity contribution in [2.45, 2.75) is 6.92 Å². The molecule has 0 radical (unpaired) electrons. The molecule has 1 aromatic carbocycles. The number of ether oxygens (including phenoxy) is 2. The maximum atomic E-state index is 11.1. The summed E-state index contributed by atoms with van der Waals surface area (Å²) in [7, 11) is 5.23. The monoisotopic (exact) mass is 329 g/mol. The van der Waals surface area contributed by atoms with Gasteiger partial charge in [-0.1, -0.05) is 0 Å². The van der Waals surface area contributed by atoms with E-state index in [0.717, 1.165) is 22.4 Å². The molecule has 118 valence electrons. The van der Waals surface area contributed by atoms with E-state index in [2.05, 4.69) is 27.1 Å². The van der Waals surface area contributed by atoms with Gasteiger partial charge in [0.1, 0.15) is 11.4 Å². The lowest BCUT2D eigenvalue weighted by Gasteiger charge is -2.09. The Labute approximate surface area is 137 Å². The second-order valence-corrected chi connectivity index (χ2v) is 5.65. The Balaban J connectivity index is 2.09. The van der Waals surface area contributed by atoms with Gasteiger partial charge in [0.25, 0.3) is 0 Å². The van der Waals surface area contributed by atoms with E-state index < -0.39 is 0 Å². The molecule has 0 fully saturated rings. The molecule has 0 bridgehead atoms. The molecule has 1 amide bonds. The summed E-state index contributed by atoms with van der Waals surface area (Å²) in [5.41, 5.74) is 2.09. The Bertz CT molecular complexity index is 876. The highest BCUT2D eigenvalue weighted by atomic mass is 32.1. The number of rotatable bonds is 4. The minimum atomic E-state index is -0.157. The lowest BCUT2D eigenvalue weighted by Crippen LogP contribution is -2.05. The number of aromatic hydroxyl groups is 1. The minimum Gasteiger partial charge on any atom is -0.721 e. The van der Waals surface area contributed by atoms with Gasteiger partial charge in [0.15, 0.2) is 5.13 Å². The minimum absolute atomic E-state index is 0.157. The van der Waals surface area contributed by atoms with E-state index in [0.29, 0.717) is 16.5 Å². The first-order valence-electron chi connectivity index (χ1n) is 6.79. The quantitative estimate of drug-likeness (QED) is 0.588. The average Bonchev–Trinajstić information content (AvgIpc) is 3.00. The van der Waals surface area contributed by atoms with E-state index in [-0.39, 0.29) is 5.91 Å². The number of hydrogen-bond donors (Lipinski definition) is 1. The van der Waals surface area contributed by atoms with Gasteiger partial charge in [-0.3, -0.25) is 4.79 Å². The summed E-state index contributed by atoms with van der Waals surface area (Å²) in [5.74, 6) is 1.28. The number of aliphatic hydroxyl groups is 1. The molecular weight excluding hydrogens is 314 g/mol. The van der Waals surface area contributed by atoms with Gasteiger partial charge < -0.3 is 14.8 Å². The van der Waals surface area contributed by atoms with E-state index in [1.165, 1.54) is 18.3 Å². The van der Waals surface area contributed by atoms with Gasteiger partial charge in [0.2, 0.25) is 11.7 Å². The number of carbonyl (C=O) groups is 1. The Morgan fingerprint density at radius 3 is 2.83 bits per heavy atom. The highest BCUT2D eigenvalue weighted by Crippen LogP contribution is 2.33. The standard InChI is InChI=1S/C16H15N3O3S/c1-9(20)17-16-19-14(8-23-16)13-7-15(22-3)11-5-4-10(21-2)6-12(11)18-13/h4-8,22H,3H2,1-2H3,(H,17,19,20). The van der Waals surface area contributed by atoms with Crippen LogP contribution >= 0.6 is 11.3 Å². The van der Waals surface area contributed by atoms with E-state index in [4.69, 9.17) is 4.74 Å². The molecule has 2 aromatic heterocycles. The van der Waals surface area contributed by atoms with E-state index in [1.54, 1.807) is 7.11 Å². The van der Waals surface area contributed by atoms with Crippen molar-refractivity contribution in [2.75, 3.05) is 12.4 Å². The first-order valence-corrected chi connectivity index (χ1v) is 7.67. The van der Waals surface area contributed by atoms with Crippen LogP contribution in [0.15, 0.2) is 29.6 Å². The number of pyridine rings is 1. The lowest BCUT2D eigenvalue weighted by molar-refractivity contribution is -0.114. The number of aromatic nitrogens is 2. The van der Waals surface area contributed by atoms with Crippen LogP contribution < -0.4 is 10.1 Å². The fourth-order valence-corrected chi connectivity index (χ4v) is 2.93. The van der Waals surface area contributed by atoms with Gasteiger partial charge in [-0.15, -0.1) is 11.3 Å². The molecule has 3 rings (SSSR count). The molecule has 0 aliphatic heterocycles. The Kier molecular flexibility index (Phi) is 4.12. The molecule has 0 atom stereocenters.